The van der Waals surface area contributed by atoms with Crippen LogP contribution in [0.15, 0.2) is 103 Å². The first-order valence-electron chi connectivity index (χ1n) is 10.5. The van der Waals surface area contributed by atoms with E-state index in [9.17, 15) is 15.3 Å². The van der Waals surface area contributed by atoms with Crippen molar-refractivity contribution in [1.82, 2.24) is 0 Å². The summed E-state index contributed by atoms with van der Waals surface area (Å²) in [4.78, 5) is 0. The van der Waals surface area contributed by atoms with E-state index < -0.39 is 0 Å². The molecule has 3 nitrogen and oxygen atoms in total. The number of rotatable bonds is 7. The third-order valence-corrected chi connectivity index (χ3v) is 5.02. The molecule has 0 saturated heterocycles. The van der Waals surface area contributed by atoms with Gasteiger partial charge in [0.25, 0.3) is 0 Å². The van der Waals surface area contributed by atoms with Crippen molar-refractivity contribution < 1.29 is 32.4 Å². The Kier molecular flexibility index (Phi) is 10.6. The molecular weight excluding hydrogens is 440 g/mol. The minimum absolute atomic E-state index is 0. The molecule has 0 saturated carbocycles. The second-order valence-electron chi connectivity index (χ2n) is 7.26. The van der Waals surface area contributed by atoms with Crippen molar-refractivity contribution in [2.75, 3.05) is 6.61 Å². The number of allylic oxidation sites excluding steroid dienone is 1. The Hall–Kier alpha value is -3.04. The molecule has 4 heteroatoms. The first-order valence-corrected chi connectivity index (χ1v) is 10.5. The maximum Gasteiger partial charge on any atom is 0.115 e. The molecule has 0 aliphatic heterocycles. The molecule has 0 aliphatic rings. The minimum Gasteiger partial charge on any atom is -0.748 e. The van der Waals surface area contributed by atoms with Crippen LogP contribution in [-0.4, -0.2) is 21.9 Å². The van der Waals surface area contributed by atoms with Crippen molar-refractivity contribution in [1.29, 1.82) is 0 Å². The van der Waals surface area contributed by atoms with E-state index in [1.54, 1.807) is 24.3 Å². The van der Waals surface area contributed by atoms with E-state index in [1.807, 2.05) is 66.7 Å². The molecule has 0 aliphatic carbocycles. The maximum atomic E-state index is 9.66. The number of phenols is 2. The molecule has 4 aromatic rings. The Morgan fingerprint density at radius 1 is 0.688 bits per heavy atom. The van der Waals surface area contributed by atoms with Gasteiger partial charge in [-0.2, -0.15) is 12.1 Å². The van der Waals surface area contributed by atoms with Gasteiger partial charge in [0.1, 0.15) is 11.5 Å². The summed E-state index contributed by atoms with van der Waals surface area (Å²) in [7, 11) is 0. The Bertz CT molecular complexity index is 965. The molecule has 4 aromatic carbocycles. The van der Waals surface area contributed by atoms with E-state index in [-0.39, 0.29) is 35.2 Å². The summed E-state index contributed by atoms with van der Waals surface area (Å²) in [5.41, 5.74) is 5.44. The van der Waals surface area contributed by atoms with Gasteiger partial charge >= 0.3 is 0 Å². The summed E-state index contributed by atoms with van der Waals surface area (Å²) in [6.45, 7) is 0.183. The fraction of sp³-hybridized carbons (Fsp3) is 0.143. The van der Waals surface area contributed by atoms with E-state index in [0.717, 1.165) is 41.5 Å². The fourth-order valence-corrected chi connectivity index (χ4v) is 3.49. The Morgan fingerprint density at radius 3 is 1.53 bits per heavy atom. The van der Waals surface area contributed by atoms with Gasteiger partial charge in [-0.3, -0.25) is 0 Å². The summed E-state index contributed by atoms with van der Waals surface area (Å²) in [5.74, 6) is 0.461. The molecule has 0 radical (unpaired) electrons. The smallest absolute Gasteiger partial charge is 0.115 e. The minimum atomic E-state index is 0. The van der Waals surface area contributed by atoms with Gasteiger partial charge in [0.05, 0.1) is 0 Å². The van der Waals surface area contributed by atoms with Crippen molar-refractivity contribution >= 4 is 11.1 Å². The molecule has 4 rings (SSSR count). The second-order valence-corrected chi connectivity index (χ2v) is 7.26. The second kappa shape index (κ2) is 13.4. The molecule has 32 heavy (non-hydrogen) atoms. The summed E-state index contributed by atoms with van der Waals surface area (Å²) >= 11 is 0. The first kappa shape index (κ1) is 25.2. The average Bonchev–Trinajstić information content (AvgIpc) is 3.52. The van der Waals surface area contributed by atoms with Crippen molar-refractivity contribution in [3.8, 4) is 11.5 Å². The molecule has 0 heterocycles. The van der Waals surface area contributed by atoms with Crippen LogP contribution in [0, 0.1) is 0 Å². The molecule has 0 fully saturated rings. The number of benzene rings is 2. The topological polar surface area (TPSA) is 60.7 Å². The molecule has 3 N–H and O–H groups in total. The third-order valence-electron chi connectivity index (χ3n) is 5.02. The Balaban J connectivity index is 0.000000534. The zero-order valence-corrected chi connectivity index (χ0v) is 18.9. The SMILES string of the molecule is OCCCCC(=C(c1ccc(O)cc1)c1ccc(O)cc1)[c-]1cccc1.[Fe].[cH-]1[cH-][cH-][cH-][cH-]1. The van der Waals surface area contributed by atoms with Crippen LogP contribution in [0.4, 0.5) is 0 Å². The number of aromatic hydroxyl groups is 2. The van der Waals surface area contributed by atoms with Crippen LogP contribution in [0.25, 0.3) is 11.1 Å². The number of aliphatic hydroxyl groups is 1. The normalized spacial score (nSPS) is 9.91. The van der Waals surface area contributed by atoms with Crippen LogP contribution < -0.4 is 0 Å². The standard InChI is InChI=1S/C23H23O3.C5H5.Fe/c24-16-4-3-7-22(17-5-1-2-6-17)23(18-8-12-20(25)13-9-18)19-10-14-21(26)15-11-19;1-2-4-5-3-1;/h1-2,5-6,8-15,24-26H,3-4,7,16H2;1-5H;/q-1;-5;. The predicted octanol–water partition coefficient (Wildman–Crippen LogP) is 6.34. The number of hydrogen-bond donors (Lipinski definition) is 3. The maximum absolute atomic E-state index is 9.66. The average molecular weight is 468 g/mol. The van der Waals surface area contributed by atoms with E-state index in [1.165, 1.54) is 5.57 Å². The van der Waals surface area contributed by atoms with Gasteiger partial charge in [-0.05, 0) is 43.5 Å². The number of hydrogen-bond acceptors (Lipinski definition) is 3. The van der Waals surface area contributed by atoms with Crippen molar-refractivity contribution in [3.63, 3.8) is 0 Å². The zero-order valence-electron chi connectivity index (χ0n) is 17.8. The van der Waals surface area contributed by atoms with Crippen molar-refractivity contribution in [2.24, 2.45) is 0 Å². The van der Waals surface area contributed by atoms with Gasteiger partial charge in [-0.15, -0.1) is 23.3 Å². The van der Waals surface area contributed by atoms with Crippen LogP contribution in [0.3, 0.4) is 0 Å². The van der Waals surface area contributed by atoms with E-state index in [0.29, 0.717) is 0 Å². The fourth-order valence-electron chi connectivity index (χ4n) is 3.49. The van der Waals surface area contributed by atoms with Crippen LogP contribution in [-0.2, 0) is 17.1 Å². The first-order chi connectivity index (χ1) is 15.2. The zero-order chi connectivity index (χ0) is 21.9. The van der Waals surface area contributed by atoms with Gasteiger partial charge in [-0.1, -0.05) is 41.0 Å². The van der Waals surface area contributed by atoms with Crippen LogP contribution in [0.2, 0.25) is 0 Å². The van der Waals surface area contributed by atoms with Gasteiger partial charge in [0, 0.05) is 23.7 Å². The van der Waals surface area contributed by atoms with Crippen LogP contribution in [0.1, 0.15) is 36.0 Å². The van der Waals surface area contributed by atoms with E-state index in [4.69, 9.17) is 0 Å². The quantitative estimate of drug-likeness (QED) is 0.169. The summed E-state index contributed by atoms with van der Waals surface area (Å²) < 4.78 is 0. The number of unbranched alkanes of at least 4 members (excludes halogenated alkanes) is 1. The predicted molar refractivity (Wildman–Crippen MR) is 127 cm³/mol. The summed E-state index contributed by atoms with van der Waals surface area (Å²) in [6, 6.07) is 32.6. The van der Waals surface area contributed by atoms with Crippen LogP contribution >= 0.6 is 0 Å². The Labute approximate surface area is 200 Å². The summed E-state index contributed by atoms with van der Waals surface area (Å²) in [5, 5.41) is 28.5. The van der Waals surface area contributed by atoms with E-state index in [2.05, 4.69) is 12.1 Å². The van der Waals surface area contributed by atoms with Gasteiger partial charge in [0.2, 0.25) is 0 Å². The monoisotopic (exact) mass is 468 g/mol. The van der Waals surface area contributed by atoms with Gasteiger partial charge < -0.3 is 45.7 Å². The third kappa shape index (κ3) is 7.28. The molecule has 0 unspecified atom stereocenters. The Morgan fingerprint density at radius 2 is 1.12 bits per heavy atom. The van der Waals surface area contributed by atoms with Crippen molar-refractivity contribution in [2.45, 2.75) is 19.3 Å². The largest absolute Gasteiger partial charge is 0.748 e. The number of phenolic OH excluding ortho intramolecular Hbond substituents is 2. The molecule has 0 atom stereocenters. The summed E-state index contributed by atoms with van der Waals surface area (Å²) in [6.07, 6.45) is 2.47. The number of aliphatic hydroxyl groups excluding tert-OH is 1. The van der Waals surface area contributed by atoms with Crippen LogP contribution in [0.5, 0.6) is 11.5 Å². The molecule has 0 bridgehead atoms. The van der Waals surface area contributed by atoms with Crippen molar-refractivity contribution in [3.05, 3.63) is 120 Å². The molecular formula is C28H28FeO3-6. The molecule has 0 aromatic heterocycles. The van der Waals surface area contributed by atoms with Gasteiger partial charge in [0.15, 0.2) is 0 Å². The van der Waals surface area contributed by atoms with Gasteiger partial charge in [-0.25, -0.2) is 0 Å². The molecule has 0 spiro atoms. The van der Waals surface area contributed by atoms with E-state index >= 15 is 0 Å². The molecule has 172 valence electrons. The molecule has 0 amide bonds.